The van der Waals surface area contributed by atoms with Gasteiger partial charge in [0, 0.05) is 33.4 Å². The molecule has 11 rings (SSSR count). The van der Waals surface area contributed by atoms with Gasteiger partial charge in [-0.25, -0.2) is 0 Å². The minimum Gasteiger partial charge on any atom is -0.355 e. The molecule has 0 fully saturated rings. The predicted molar refractivity (Wildman–Crippen MR) is 212 cm³/mol. The summed E-state index contributed by atoms with van der Waals surface area (Å²) < 4.78 is 2.37. The lowest BCUT2D eigenvalue weighted by molar-refractivity contribution is 0.794. The Kier molecular flexibility index (Phi) is 5.91. The monoisotopic (exact) mass is 648 g/mol. The summed E-state index contributed by atoms with van der Waals surface area (Å²) in [4.78, 5) is 0. The van der Waals surface area contributed by atoms with E-state index < -0.39 is 0 Å². The molecule has 0 saturated carbocycles. The van der Waals surface area contributed by atoms with E-state index in [2.05, 4.69) is 198 Å². The predicted octanol–water partition coefficient (Wildman–Crippen LogP) is 12.5. The molecule has 0 unspecified atom stereocenters. The molecule has 2 heteroatoms. The van der Waals surface area contributed by atoms with Gasteiger partial charge in [0.1, 0.15) is 0 Å². The molecule has 0 amide bonds. The first-order valence-corrected chi connectivity index (χ1v) is 17.7. The van der Waals surface area contributed by atoms with Crippen LogP contribution in [-0.2, 0) is 5.41 Å². The maximum Gasteiger partial charge on any atom is 0.0726 e. The highest BCUT2D eigenvalue weighted by atomic mass is 15.0. The molecule has 0 aliphatic heterocycles. The fraction of sp³-hybridized carbons (Fsp3) is 0.0204. The summed E-state index contributed by atoms with van der Waals surface area (Å²) in [7, 11) is 0. The van der Waals surface area contributed by atoms with Crippen LogP contribution in [0.1, 0.15) is 22.3 Å². The number of fused-ring (bicyclic) bond motifs is 13. The van der Waals surface area contributed by atoms with Crippen LogP contribution in [0.4, 0.5) is 11.4 Å². The van der Waals surface area contributed by atoms with E-state index >= 15 is 0 Å². The maximum atomic E-state index is 3.85. The molecule has 9 aromatic rings. The molecule has 2 aliphatic rings. The molecule has 8 aromatic carbocycles. The van der Waals surface area contributed by atoms with Crippen molar-refractivity contribution in [1.82, 2.24) is 4.57 Å². The van der Waals surface area contributed by atoms with Crippen molar-refractivity contribution < 1.29 is 0 Å². The largest absolute Gasteiger partial charge is 0.355 e. The lowest BCUT2D eigenvalue weighted by Crippen LogP contribution is -2.25. The average Bonchev–Trinajstić information content (AvgIpc) is 3.81. The number of nitrogens with one attached hydrogen (secondary N) is 1. The Morgan fingerprint density at radius 1 is 0.392 bits per heavy atom. The van der Waals surface area contributed by atoms with E-state index in [-0.39, 0.29) is 5.41 Å². The summed E-state index contributed by atoms with van der Waals surface area (Å²) in [5, 5.41) is 6.37. The van der Waals surface area contributed by atoms with Gasteiger partial charge in [-0.3, -0.25) is 0 Å². The lowest BCUT2D eigenvalue weighted by Gasteiger charge is -2.30. The second-order valence-corrected chi connectivity index (χ2v) is 13.7. The number of benzene rings is 8. The van der Waals surface area contributed by atoms with Crippen molar-refractivity contribution >= 4 is 33.2 Å². The molecule has 0 atom stereocenters. The molecule has 2 aliphatic carbocycles. The summed E-state index contributed by atoms with van der Waals surface area (Å²) in [5.74, 6) is 0. The third-order valence-corrected chi connectivity index (χ3v) is 11.2. The average molecular weight is 649 g/mol. The minimum atomic E-state index is -0.344. The first-order chi connectivity index (χ1) is 25.3. The van der Waals surface area contributed by atoms with Crippen molar-refractivity contribution in [3.8, 4) is 39.1 Å². The first-order valence-electron chi connectivity index (χ1n) is 17.7. The van der Waals surface area contributed by atoms with Crippen LogP contribution in [0.2, 0.25) is 0 Å². The zero-order valence-corrected chi connectivity index (χ0v) is 27.8. The molecule has 0 saturated heterocycles. The van der Waals surface area contributed by atoms with E-state index in [1.165, 1.54) is 83.1 Å². The van der Waals surface area contributed by atoms with Gasteiger partial charge in [0.15, 0.2) is 0 Å². The maximum absolute atomic E-state index is 3.85. The fourth-order valence-electron chi connectivity index (χ4n) is 9.16. The molecule has 1 spiro atoms. The molecule has 1 heterocycles. The van der Waals surface area contributed by atoms with Gasteiger partial charge in [0.05, 0.1) is 16.4 Å². The Hall–Kier alpha value is -6.64. The summed E-state index contributed by atoms with van der Waals surface area (Å²) >= 11 is 0. The van der Waals surface area contributed by atoms with Crippen LogP contribution in [0.5, 0.6) is 0 Å². The third kappa shape index (κ3) is 3.87. The topological polar surface area (TPSA) is 17.0 Å². The van der Waals surface area contributed by atoms with E-state index in [0.717, 1.165) is 11.4 Å². The van der Waals surface area contributed by atoms with E-state index in [1.54, 1.807) is 0 Å². The summed E-state index contributed by atoms with van der Waals surface area (Å²) in [6.07, 6.45) is 0. The van der Waals surface area contributed by atoms with Crippen LogP contribution in [0.15, 0.2) is 188 Å². The molecule has 1 aromatic heterocycles. The zero-order chi connectivity index (χ0) is 33.5. The number of aromatic nitrogens is 1. The summed E-state index contributed by atoms with van der Waals surface area (Å²) in [6, 6.07) is 68.8. The van der Waals surface area contributed by atoms with Crippen molar-refractivity contribution in [3.63, 3.8) is 0 Å². The van der Waals surface area contributed by atoms with Crippen LogP contribution in [0.3, 0.4) is 0 Å². The molecular weight excluding hydrogens is 617 g/mol. The highest BCUT2D eigenvalue weighted by Gasteiger charge is 2.51. The first kappa shape index (κ1) is 28.2. The fourth-order valence-corrected chi connectivity index (χ4v) is 9.16. The number of anilines is 2. The number of hydrogen-bond acceptors (Lipinski definition) is 1. The Morgan fingerprint density at radius 2 is 0.961 bits per heavy atom. The number of para-hydroxylation sites is 2. The molecular formula is C49H32N2. The second-order valence-electron chi connectivity index (χ2n) is 13.7. The van der Waals surface area contributed by atoms with Crippen LogP contribution >= 0.6 is 0 Å². The Balaban J connectivity index is 0.997. The Morgan fingerprint density at radius 3 is 1.71 bits per heavy atom. The normalized spacial score (nSPS) is 13.3. The standard InChI is InChI=1S/C49H32N2/c1-2-13-35(14-3-1)51-46-24-11-7-17-38(46)40-31-33(27-30-47(40)51)32-25-28-34(29-26-32)50-45-23-12-22-44-48(45)39-18-6-10-21-43(39)49(44)41-19-8-4-15-36(41)37-16-5-9-20-42(37)49/h1-31,50H. The molecule has 238 valence electrons. The lowest BCUT2D eigenvalue weighted by atomic mass is 9.70. The summed E-state index contributed by atoms with van der Waals surface area (Å²) in [6.45, 7) is 0. The Bertz CT molecular complexity index is 2780. The van der Waals surface area contributed by atoms with Crippen molar-refractivity contribution in [3.05, 3.63) is 210 Å². The zero-order valence-electron chi connectivity index (χ0n) is 27.8. The van der Waals surface area contributed by atoms with Gasteiger partial charge in [-0.05, 0) is 98.6 Å². The van der Waals surface area contributed by atoms with Crippen LogP contribution in [0.25, 0.3) is 60.9 Å². The number of hydrogen-bond donors (Lipinski definition) is 1. The van der Waals surface area contributed by atoms with Crippen molar-refractivity contribution in [1.29, 1.82) is 0 Å². The summed E-state index contributed by atoms with van der Waals surface area (Å²) in [5.41, 5.74) is 18.5. The highest BCUT2D eigenvalue weighted by molar-refractivity contribution is 6.10. The van der Waals surface area contributed by atoms with E-state index in [4.69, 9.17) is 0 Å². The van der Waals surface area contributed by atoms with Crippen LogP contribution < -0.4 is 5.32 Å². The van der Waals surface area contributed by atoms with Crippen molar-refractivity contribution in [2.75, 3.05) is 5.32 Å². The molecule has 2 nitrogen and oxygen atoms in total. The van der Waals surface area contributed by atoms with Crippen molar-refractivity contribution in [2.24, 2.45) is 0 Å². The molecule has 1 N–H and O–H groups in total. The van der Waals surface area contributed by atoms with Gasteiger partial charge < -0.3 is 9.88 Å². The van der Waals surface area contributed by atoms with Gasteiger partial charge in [0.2, 0.25) is 0 Å². The number of rotatable bonds is 4. The highest BCUT2D eigenvalue weighted by Crippen LogP contribution is 2.63. The number of nitrogens with zero attached hydrogens (tertiary/aromatic N) is 1. The van der Waals surface area contributed by atoms with Gasteiger partial charge in [-0.15, -0.1) is 0 Å². The molecule has 0 radical (unpaired) electrons. The Labute approximate surface area is 296 Å². The molecule has 51 heavy (non-hydrogen) atoms. The van der Waals surface area contributed by atoms with Gasteiger partial charge in [0.25, 0.3) is 0 Å². The van der Waals surface area contributed by atoms with Crippen LogP contribution in [-0.4, -0.2) is 4.57 Å². The van der Waals surface area contributed by atoms with Crippen LogP contribution in [0, 0.1) is 0 Å². The van der Waals surface area contributed by atoms with E-state index in [9.17, 15) is 0 Å². The minimum absolute atomic E-state index is 0.344. The van der Waals surface area contributed by atoms with Crippen molar-refractivity contribution in [2.45, 2.75) is 5.41 Å². The van der Waals surface area contributed by atoms with Gasteiger partial charge in [-0.2, -0.15) is 0 Å². The second kappa shape index (κ2) is 10.7. The van der Waals surface area contributed by atoms with E-state index in [1.807, 2.05) is 0 Å². The van der Waals surface area contributed by atoms with Gasteiger partial charge >= 0.3 is 0 Å². The SMILES string of the molecule is c1ccc(-n2c3ccccc3c3cc(-c4ccc(Nc5cccc6c5-c5ccccc5C65c6ccccc6-c6ccccc65)cc4)ccc32)cc1. The third-order valence-electron chi connectivity index (χ3n) is 11.2. The van der Waals surface area contributed by atoms with E-state index in [0.29, 0.717) is 0 Å². The smallest absolute Gasteiger partial charge is 0.0726 e. The molecule has 0 bridgehead atoms. The van der Waals surface area contributed by atoms with Gasteiger partial charge in [-0.1, -0.05) is 140 Å². The quantitative estimate of drug-likeness (QED) is 0.201.